The summed E-state index contributed by atoms with van der Waals surface area (Å²) >= 11 is 5.48. The summed E-state index contributed by atoms with van der Waals surface area (Å²) in [5.74, 6) is 1.14. The highest BCUT2D eigenvalue weighted by Gasteiger charge is 2.35. The Kier molecular flexibility index (Phi) is 2.83. The summed E-state index contributed by atoms with van der Waals surface area (Å²) in [7, 11) is 2.08. The third kappa shape index (κ3) is 1.81. The van der Waals surface area contributed by atoms with Crippen LogP contribution in [0.5, 0.6) is 0 Å². The monoisotopic (exact) mass is 226 g/mol. The van der Waals surface area contributed by atoms with Crippen LogP contribution in [0.3, 0.4) is 0 Å². The molecule has 2 rings (SSSR count). The maximum absolute atomic E-state index is 11.1. The highest BCUT2D eigenvalue weighted by Crippen LogP contribution is 2.31. The molecule has 0 amide bonds. The highest BCUT2D eigenvalue weighted by molar-refractivity contribution is 6.67. The summed E-state index contributed by atoms with van der Waals surface area (Å²) in [5.41, 5.74) is 0.729. The summed E-state index contributed by atoms with van der Waals surface area (Å²) in [6.45, 7) is 2.10. The van der Waals surface area contributed by atoms with E-state index in [2.05, 4.69) is 23.9 Å². The van der Waals surface area contributed by atoms with Crippen molar-refractivity contribution in [1.82, 2.24) is 4.90 Å². The second kappa shape index (κ2) is 3.97. The number of halogens is 1. The van der Waals surface area contributed by atoms with E-state index in [1.165, 1.54) is 0 Å². The van der Waals surface area contributed by atoms with Crippen molar-refractivity contribution in [2.45, 2.75) is 38.3 Å². The van der Waals surface area contributed by atoms with Gasteiger partial charge in [-0.25, -0.2) is 0 Å². The molecule has 0 bridgehead atoms. The molecule has 2 aliphatic rings. The number of hydrogen-bond acceptors (Lipinski definition) is 3. The molecular weight excluding hydrogens is 212 g/mol. The topological polar surface area (TPSA) is 32.7 Å². The average Bonchev–Trinajstić information content (AvgIpc) is 2.55. The molecule has 2 unspecified atom stereocenters. The molecule has 0 spiro atoms. The lowest BCUT2D eigenvalue weighted by molar-refractivity contribution is -0.108. The van der Waals surface area contributed by atoms with Crippen LogP contribution >= 0.6 is 11.6 Å². The Bertz CT molecular complexity index is 348. The number of fused-ring (bicyclic) bond motifs is 1. The summed E-state index contributed by atoms with van der Waals surface area (Å²) in [6, 6.07) is 0.660. The van der Waals surface area contributed by atoms with Crippen LogP contribution in [0.1, 0.15) is 26.2 Å². The molecular formula is C11H15ClN2O. The molecule has 0 aromatic rings. The Morgan fingerprint density at radius 2 is 2.47 bits per heavy atom. The highest BCUT2D eigenvalue weighted by atomic mass is 35.5. The van der Waals surface area contributed by atoms with Gasteiger partial charge in [0.1, 0.15) is 0 Å². The van der Waals surface area contributed by atoms with Gasteiger partial charge >= 0.3 is 0 Å². The molecule has 0 radical (unpaired) electrons. The second-order valence-electron chi connectivity index (χ2n) is 4.09. The summed E-state index contributed by atoms with van der Waals surface area (Å²) in [6.07, 6.45) is 4.48. The van der Waals surface area contributed by atoms with Crippen molar-refractivity contribution in [1.29, 1.82) is 0 Å². The third-order valence-corrected chi connectivity index (χ3v) is 3.51. The molecule has 1 aliphatic carbocycles. The predicted molar refractivity (Wildman–Crippen MR) is 61.2 cm³/mol. The zero-order chi connectivity index (χ0) is 11.0. The number of rotatable bonds is 2. The molecule has 0 aromatic heterocycles. The van der Waals surface area contributed by atoms with Gasteiger partial charge in [0.15, 0.2) is 0 Å². The van der Waals surface area contributed by atoms with Crippen molar-refractivity contribution in [2.75, 3.05) is 7.05 Å². The SMILES string of the molecule is CCC1=NC2CC(C(=O)Cl)=CCC2N1C. The first kappa shape index (κ1) is 10.7. The number of likely N-dealkylation sites (N-methyl/N-ethyl adjacent to an activating group) is 1. The quantitative estimate of drug-likeness (QED) is 0.675. The standard InChI is InChI=1S/C11H15ClN2O/c1-3-10-13-8-6-7(11(12)15)4-5-9(8)14(10)2/h4,8-9H,3,5-6H2,1-2H3. The molecule has 0 aromatic carbocycles. The van der Waals surface area contributed by atoms with Crippen molar-refractivity contribution >= 4 is 22.7 Å². The molecule has 0 fully saturated rings. The van der Waals surface area contributed by atoms with E-state index in [4.69, 9.17) is 11.6 Å². The molecule has 82 valence electrons. The van der Waals surface area contributed by atoms with Crippen molar-refractivity contribution in [2.24, 2.45) is 4.99 Å². The van der Waals surface area contributed by atoms with E-state index < -0.39 is 0 Å². The van der Waals surface area contributed by atoms with E-state index in [0.29, 0.717) is 12.5 Å². The number of nitrogens with zero attached hydrogens (tertiary/aromatic N) is 2. The molecule has 2 atom stereocenters. The number of aliphatic imine (C=N–C) groups is 1. The van der Waals surface area contributed by atoms with Crippen molar-refractivity contribution < 1.29 is 4.79 Å². The first-order chi connectivity index (χ1) is 7.13. The molecule has 1 heterocycles. The minimum absolute atomic E-state index is 0.229. The van der Waals surface area contributed by atoms with E-state index in [1.807, 2.05) is 6.08 Å². The van der Waals surface area contributed by atoms with Gasteiger partial charge in [0.2, 0.25) is 5.24 Å². The number of amidine groups is 1. The van der Waals surface area contributed by atoms with E-state index in [1.54, 1.807) is 0 Å². The fourth-order valence-corrected chi connectivity index (χ4v) is 2.54. The van der Waals surface area contributed by atoms with Crippen LogP contribution in [0.15, 0.2) is 16.6 Å². The van der Waals surface area contributed by atoms with Crippen LogP contribution in [0.4, 0.5) is 0 Å². The first-order valence-electron chi connectivity index (χ1n) is 5.31. The maximum atomic E-state index is 11.1. The van der Waals surface area contributed by atoms with E-state index in [-0.39, 0.29) is 11.3 Å². The number of carbonyl (C=O) groups is 1. The van der Waals surface area contributed by atoms with E-state index in [9.17, 15) is 4.79 Å². The summed E-state index contributed by atoms with van der Waals surface area (Å²) in [5, 5.41) is -0.323. The Morgan fingerprint density at radius 3 is 3.07 bits per heavy atom. The Balaban J connectivity index is 2.17. The summed E-state index contributed by atoms with van der Waals surface area (Å²) in [4.78, 5) is 17.9. The fourth-order valence-electron chi connectivity index (χ4n) is 2.39. The fraction of sp³-hybridized carbons (Fsp3) is 0.636. The smallest absolute Gasteiger partial charge is 0.248 e. The molecule has 15 heavy (non-hydrogen) atoms. The first-order valence-corrected chi connectivity index (χ1v) is 5.69. The van der Waals surface area contributed by atoms with Crippen molar-refractivity contribution in [3.63, 3.8) is 0 Å². The van der Waals surface area contributed by atoms with Crippen molar-refractivity contribution in [3.05, 3.63) is 11.6 Å². The Hall–Kier alpha value is -0.830. The Labute approximate surface area is 94.8 Å². The molecule has 0 saturated carbocycles. The number of carbonyl (C=O) groups excluding carboxylic acids is 1. The van der Waals surface area contributed by atoms with Gasteiger partial charge in [0.25, 0.3) is 0 Å². The Morgan fingerprint density at radius 1 is 1.73 bits per heavy atom. The van der Waals surface area contributed by atoms with Gasteiger partial charge in [-0.1, -0.05) is 13.0 Å². The average molecular weight is 227 g/mol. The van der Waals surface area contributed by atoms with Crippen LogP contribution in [-0.4, -0.2) is 35.1 Å². The zero-order valence-electron chi connectivity index (χ0n) is 9.03. The lowest BCUT2D eigenvalue weighted by Gasteiger charge is -2.28. The summed E-state index contributed by atoms with van der Waals surface area (Å²) < 4.78 is 0. The third-order valence-electron chi connectivity index (χ3n) is 3.27. The van der Waals surface area contributed by atoms with Gasteiger partial charge in [-0.05, 0) is 18.0 Å². The second-order valence-corrected chi connectivity index (χ2v) is 4.43. The van der Waals surface area contributed by atoms with Gasteiger partial charge < -0.3 is 4.90 Å². The molecule has 0 N–H and O–H groups in total. The van der Waals surface area contributed by atoms with Gasteiger partial charge in [0, 0.05) is 25.5 Å². The van der Waals surface area contributed by atoms with E-state index in [0.717, 1.165) is 24.3 Å². The number of hydrogen-bond donors (Lipinski definition) is 0. The van der Waals surface area contributed by atoms with Crippen molar-refractivity contribution in [3.8, 4) is 0 Å². The van der Waals surface area contributed by atoms with E-state index >= 15 is 0 Å². The van der Waals surface area contributed by atoms with Crippen LogP contribution in [0.25, 0.3) is 0 Å². The molecule has 3 nitrogen and oxygen atoms in total. The maximum Gasteiger partial charge on any atom is 0.248 e. The zero-order valence-corrected chi connectivity index (χ0v) is 9.79. The van der Waals surface area contributed by atoms with Crippen LogP contribution in [-0.2, 0) is 4.79 Å². The molecule has 1 aliphatic heterocycles. The van der Waals surface area contributed by atoms with Gasteiger partial charge in [0.05, 0.1) is 17.9 Å². The van der Waals surface area contributed by atoms with Gasteiger partial charge in [-0.2, -0.15) is 0 Å². The lowest BCUT2D eigenvalue weighted by Crippen LogP contribution is -2.38. The van der Waals surface area contributed by atoms with Gasteiger partial charge in [-0.3, -0.25) is 9.79 Å². The molecule has 4 heteroatoms. The normalized spacial score (nSPS) is 29.7. The van der Waals surface area contributed by atoms with Gasteiger partial charge in [-0.15, -0.1) is 0 Å². The minimum atomic E-state index is -0.323. The lowest BCUT2D eigenvalue weighted by atomic mass is 9.91. The minimum Gasteiger partial charge on any atom is -0.358 e. The van der Waals surface area contributed by atoms with Crippen LogP contribution < -0.4 is 0 Å². The molecule has 0 saturated heterocycles. The largest absolute Gasteiger partial charge is 0.358 e. The van der Waals surface area contributed by atoms with Crippen LogP contribution in [0, 0.1) is 0 Å². The van der Waals surface area contributed by atoms with Crippen LogP contribution in [0.2, 0.25) is 0 Å². The predicted octanol–water partition coefficient (Wildman–Crippen LogP) is 1.96.